The molecule has 3 aromatic rings. The molecule has 0 aliphatic carbocycles. The molecule has 7 heteroatoms. The maximum atomic E-state index is 12.8. The Morgan fingerprint density at radius 2 is 1.81 bits per heavy atom. The van der Waals surface area contributed by atoms with Crippen LogP contribution in [0, 0.1) is 0 Å². The number of hydrogen-bond donors (Lipinski definition) is 0. The Balaban J connectivity index is 1.77. The minimum Gasteiger partial charge on any atom is -0.493 e. The summed E-state index contributed by atoms with van der Waals surface area (Å²) in [5.74, 6) is 1.93. The van der Waals surface area contributed by atoms with Crippen molar-refractivity contribution in [3.05, 3.63) is 75.8 Å². The maximum Gasteiger partial charge on any atom is 0.287 e. The van der Waals surface area contributed by atoms with Gasteiger partial charge in [-0.05, 0) is 36.2 Å². The van der Waals surface area contributed by atoms with Crippen molar-refractivity contribution >= 4 is 23.4 Å². The summed E-state index contributed by atoms with van der Waals surface area (Å²) in [4.78, 5) is 17.0. The van der Waals surface area contributed by atoms with Gasteiger partial charge in [-0.1, -0.05) is 23.7 Å². The van der Waals surface area contributed by atoms with E-state index in [4.69, 9.17) is 21.1 Å². The Kier molecular flexibility index (Phi) is 6.42. The molecule has 1 heterocycles. The molecule has 0 fully saturated rings. The molecule has 0 aliphatic rings. The van der Waals surface area contributed by atoms with Gasteiger partial charge in [0.25, 0.3) is 5.56 Å². The summed E-state index contributed by atoms with van der Waals surface area (Å²) < 4.78 is 12.1. The van der Waals surface area contributed by atoms with Crippen molar-refractivity contribution in [1.29, 1.82) is 0 Å². The first-order chi connectivity index (χ1) is 13.1. The van der Waals surface area contributed by atoms with E-state index in [1.165, 1.54) is 17.3 Å². The molecule has 0 radical (unpaired) electrons. The second kappa shape index (κ2) is 8.97. The molecule has 0 N–H and O–H groups in total. The second-order valence-electron chi connectivity index (χ2n) is 5.67. The van der Waals surface area contributed by atoms with Crippen molar-refractivity contribution < 1.29 is 9.47 Å². The van der Waals surface area contributed by atoms with Crippen LogP contribution in [-0.2, 0) is 6.42 Å². The lowest BCUT2D eigenvalue weighted by molar-refractivity contribution is 0.355. The van der Waals surface area contributed by atoms with Gasteiger partial charge in [-0.2, -0.15) is 0 Å². The number of halogens is 1. The molecular formula is C20H19ClN2O3S. The first kappa shape index (κ1) is 19.3. The smallest absolute Gasteiger partial charge is 0.287 e. The van der Waals surface area contributed by atoms with Gasteiger partial charge in [-0.15, -0.1) is 11.8 Å². The molecule has 0 bridgehead atoms. The number of aryl methyl sites for hydroxylation is 1. The van der Waals surface area contributed by atoms with Crippen LogP contribution in [-0.4, -0.2) is 29.5 Å². The van der Waals surface area contributed by atoms with Gasteiger partial charge in [0, 0.05) is 29.2 Å². The van der Waals surface area contributed by atoms with Crippen LogP contribution in [0.5, 0.6) is 11.5 Å². The summed E-state index contributed by atoms with van der Waals surface area (Å²) in [5, 5.41) is 1.18. The van der Waals surface area contributed by atoms with Gasteiger partial charge in [0.1, 0.15) is 0 Å². The SMILES string of the molecule is COc1ccc(-n2ccnc(SCCc3ccc(Cl)cc3)c2=O)cc1OC. The van der Waals surface area contributed by atoms with E-state index in [1.54, 1.807) is 43.3 Å². The average molecular weight is 403 g/mol. The highest BCUT2D eigenvalue weighted by molar-refractivity contribution is 7.99. The Hall–Kier alpha value is -2.44. The summed E-state index contributed by atoms with van der Waals surface area (Å²) in [7, 11) is 3.14. The zero-order valence-corrected chi connectivity index (χ0v) is 16.6. The number of methoxy groups -OCH3 is 2. The lowest BCUT2D eigenvalue weighted by Crippen LogP contribution is -2.20. The zero-order valence-electron chi connectivity index (χ0n) is 15.0. The standard InChI is InChI=1S/C20H19ClN2O3S/c1-25-17-8-7-16(13-18(17)26-2)23-11-10-22-19(20(23)24)27-12-9-14-3-5-15(21)6-4-14/h3-8,10-11,13H,9,12H2,1-2H3. The minimum absolute atomic E-state index is 0.161. The molecule has 27 heavy (non-hydrogen) atoms. The molecule has 0 saturated carbocycles. The molecule has 2 aromatic carbocycles. The number of hydrogen-bond acceptors (Lipinski definition) is 5. The van der Waals surface area contributed by atoms with E-state index in [2.05, 4.69) is 4.98 Å². The molecule has 0 atom stereocenters. The Bertz CT molecular complexity index is 974. The third-order valence-electron chi connectivity index (χ3n) is 4.00. The number of rotatable bonds is 7. The fraction of sp³-hybridized carbons (Fsp3) is 0.200. The third kappa shape index (κ3) is 4.64. The summed E-state index contributed by atoms with van der Waals surface area (Å²) in [6, 6.07) is 13.1. The predicted octanol–water partition coefficient (Wildman–Crippen LogP) is 4.24. The predicted molar refractivity (Wildman–Crippen MR) is 109 cm³/mol. The zero-order chi connectivity index (χ0) is 19.2. The largest absolute Gasteiger partial charge is 0.493 e. The van der Waals surface area contributed by atoms with Gasteiger partial charge in [0.15, 0.2) is 16.5 Å². The topological polar surface area (TPSA) is 53.4 Å². The summed E-state index contributed by atoms with van der Waals surface area (Å²) in [6.07, 6.45) is 4.10. The van der Waals surface area contributed by atoms with E-state index in [1.807, 2.05) is 30.3 Å². The van der Waals surface area contributed by atoms with Crippen molar-refractivity contribution in [1.82, 2.24) is 9.55 Å². The quantitative estimate of drug-likeness (QED) is 0.553. The summed E-state index contributed by atoms with van der Waals surface area (Å²) in [6.45, 7) is 0. The van der Waals surface area contributed by atoms with E-state index in [9.17, 15) is 4.79 Å². The monoisotopic (exact) mass is 402 g/mol. The normalized spacial score (nSPS) is 10.6. The number of aromatic nitrogens is 2. The van der Waals surface area contributed by atoms with Gasteiger partial charge >= 0.3 is 0 Å². The Labute approximate surface area is 166 Å². The van der Waals surface area contributed by atoms with E-state index >= 15 is 0 Å². The van der Waals surface area contributed by atoms with Crippen molar-refractivity contribution in [2.75, 3.05) is 20.0 Å². The van der Waals surface area contributed by atoms with Gasteiger partial charge in [-0.25, -0.2) is 4.98 Å². The van der Waals surface area contributed by atoms with Crippen LogP contribution in [0.3, 0.4) is 0 Å². The highest BCUT2D eigenvalue weighted by Gasteiger charge is 2.10. The number of thioether (sulfide) groups is 1. The number of ether oxygens (including phenoxy) is 2. The molecule has 0 amide bonds. The van der Waals surface area contributed by atoms with Crippen LogP contribution in [0.25, 0.3) is 5.69 Å². The highest BCUT2D eigenvalue weighted by atomic mass is 35.5. The molecular weight excluding hydrogens is 384 g/mol. The van der Waals surface area contributed by atoms with E-state index in [0.29, 0.717) is 27.2 Å². The minimum atomic E-state index is -0.161. The second-order valence-corrected chi connectivity index (χ2v) is 7.19. The summed E-state index contributed by atoms with van der Waals surface area (Å²) in [5.41, 5.74) is 1.70. The highest BCUT2D eigenvalue weighted by Crippen LogP contribution is 2.28. The van der Waals surface area contributed by atoms with Gasteiger partial charge in [0.2, 0.25) is 0 Å². The van der Waals surface area contributed by atoms with E-state index in [0.717, 1.165) is 12.2 Å². The van der Waals surface area contributed by atoms with E-state index in [-0.39, 0.29) is 5.56 Å². The fourth-order valence-corrected chi connectivity index (χ4v) is 3.60. The Morgan fingerprint density at radius 3 is 2.52 bits per heavy atom. The lowest BCUT2D eigenvalue weighted by Gasteiger charge is -2.11. The third-order valence-corrected chi connectivity index (χ3v) is 5.21. The van der Waals surface area contributed by atoms with Crippen LogP contribution >= 0.6 is 23.4 Å². The molecule has 0 aliphatic heterocycles. The average Bonchev–Trinajstić information content (AvgIpc) is 2.70. The van der Waals surface area contributed by atoms with Crippen molar-refractivity contribution in [3.8, 4) is 17.2 Å². The Morgan fingerprint density at radius 1 is 1.07 bits per heavy atom. The van der Waals surface area contributed by atoms with Crippen LogP contribution in [0.2, 0.25) is 5.02 Å². The number of benzene rings is 2. The molecule has 0 spiro atoms. The summed E-state index contributed by atoms with van der Waals surface area (Å²) >= 11 is 7.34. The first-order valence-corrected chi connectivity index (χ1v) is 9.66. The van der Waals surface area contributed by atoms with Crippen molar-refractivity contribution in [2.24, 2.45) is 0 Å². The first-order valence-electron chi connectivity index (χ1n) is 8.29. The lowest BCUT2D eigenvalue weighted by atomic mass is 10.2. The number of nitrogens with zero attached hydrogens (tertiary/aromatic N) is 2. The van der Waals surface area contributed by atoms with Crippen LogP contribution in [0.4, 0.5) is 0 Å². The maximum absolute atomic E-state index is 12.8. The molecule has 3 rings (SSSR count). The van der Waals surface area contributed by atoms with Gasteiger partial charge in [-0.3, -0.25) is 9.36 Å². The van der Waals surface area contributed by atoms with Crippen molar-refractivity contribution in [2.45, 2.75) is 11.4 Å². The molecule has 1 aromatic heterocycles. The molecule has 0 unspecified atom stereocenters. The van der Waals surface area contributed by atoms with Crippen LogP contribution in [0.1, 0.15) is 5.56 Å². The molecule has 0 saturated heterocycles. The van der Waals surface area contributed by atoms with Crippen LogP contribution in [0.15, 0.2) is 64.7 Å². The fourth-order valence-electron chi connectivity index (χ4n) is 2.59. The van der Waals surface area contributed by atoms with Crippen molar-refractivity contribution in [3.63, 3.8) is 0 Å². The molecule has 140 valence electrons. The molecule has 5 nitrogen and oxygen atoms in total. The van der Waals surface area contributed by atoms with Gasteiger partial charge in [0.05, 0.1) is 19.9 Å². The van der Waals surface area contributed by atoms with E-state index < -0.39 is 0 Å². The van der Waals surface area contributed by atoms with Crippen LogP contribution < -0.4 is 15.0 Å². The van der Waals surface area contributed by atoms with Gasteiger partial charge < -0.3 is 9.47 Å².